The Morgan fingerprint density at radius 3 is 2.43 bits per heavy atom. The predicted molar refractivity (Wildman–Crippen MR) is 163 cm³/mol. The molecule has 9 nitrogen and oxygen atoms in total. The molecule has 0 aromatic heterocycles. The average Bonchev–Trinajstić information content (AvgIpc) is 2.93. The number of likely N-dealkylation sites (N-methyl/N-ethyl adjacent to an activating group) is 1. The van der Waals surface area contributed by atoms with E-state index < -0.39 is 33.7 Å². The van der Waals surface area contributed by atoms with Gasteiger partial charge in [-0.05, 0) is 76.1 Å². The number of amides is 1. The van der Waals surface area contributed by atoms with E-state index in [0.29, 0.717) is 31.9 Å². The van der Waals surface area contributed by atoms with Crippen LogP contribution >= 0.6 is 0 Å². The van der Waals surface area contributed by atoms with E-state index in [1.54, 1.807) is 24.0 Å². The van der Waals surface area contributed by atoms with Gasteiger partial charge >= 0.3 is 6.18 Å². The minimum absolute atomic E-state index is 0.173. The van der Waals surface area contributed by atoms with Gasteiger partial charge in [-0.3, -0.25) is 14.4 Å². The molecule has 0 saturated heterocycles. The molecule has 1 aliphatic rings. The van der Waals surface area contributed by atoms with Crippen molar-refractivity contribution in [3.05, 3.63) is 59.2 Å². The van der Waals surface area contributed by atoms with Crippen LogP contribution in [0, 0.1) is 5.92 Å². The summed E-state index contributed by atoms with van der Waals surface area (Å²) in [6, 6.07) is 9.08. The summed E-state index contributed by atoms with van der Waals surface area (Å²) in [7, 11) is -1.74. The summed E-state index contributed by atoms with van der Waals surface area (Å²) in [6.07, 6.45) is -1.64. The number of nitrogens with one attached hydrogen (secondary N) is 1. The second kappa shape index (κ2) is 15.4. The highest BCUT2D eigenvalue weighted by Crippen LogP contribution is 2.30. The fraction of sp³-hybridized carbons (Fsp3) is 0.581. The Labute approximate surface area is 258 Å². The third kappa shape index (κ3) is 10.6. The molecule has 3 rings (SSSR count). The summed E-state index contributed by atoms with van der Waals surface area (Å²) in [6.45, 7) is 6.84. The average molecular weight is 644 g/mol. The number of halogens is 3. The Morgan fingerprint density at radius 1 is 1.14 bits per heavy atom. The van der Waals surface area contributed by atoms with Gasteiger partial charge in [-0.25, -0.2) is 8.42 Å². The summed E-state index contributed by atoms with van der Waals surface area (Å²) in [4.78, 5) is 17.6. The van der Waals surface area contributed by atoms with Crippen LogP contribution in [0.3, 0.4) is 0 Å². The Hall–Kier alpha value is -2.87. The molecule has 1 heterocycles. The molecule has 4 atom stereocenters. The van der Waals surface area contributed by atoms with Gasteiger partial charge in [0, 0.05) is 37.8 Å². The lowest BCUT2D eigenvalue weighted by Gasteiger charge is -2.36. The number of rotatable bonds is 8. The molecule has 0 bridgehead atoms. The molecule has 0 saturated carbocycles. The van der Waals surface area contributed by atoms with Crippen LogP contribution in [0.1, 0.15) is 61.5 Å². The van der Waals surface area contributed by atoms with Crippen molar-refractivity contribution in [1.29, 1.82) is 0 Å². The first-order chi connectivity index (χ1) is 20.6. The Bertz CT molecular complexity index is 1340. The number of alkyl halides is 3. The van der Waals surface area contributed by atoms with Crippen LogP contribution in [-0.2, 0) is 27.5 Å². The number of aliphatic hydroxyl groups excluding tert-OH is 1. The third-order valence-electron chi connectivity index (χ3n) is 7.58. The molecule has 0 aliphatic carbocycles. The largest absolute Gasteiger partial charge is 0.490 e. The minimum atomic E-state index is -4.40. The predicted octanol–water partition coefficient (Wildman–Crippen LogP) is 5.00. The minimum Gasteiger partial charge on any atom is -0.490 e. The van der Waals surface area contributed by atoms with Gasteiger partial charge in [0.25, 0.3) is 5.91 Å². The molecule has 0 radical (unpaired) electrons. The maximum atomic E-state index is 14.1. The van der Waals surface area contributed by atoms with Gasteiger partial charge in [0.05, 0.1) is 42.2 Å². The Kier molecular flexibility index (Phi) is 12.5. The fourth-order valence-electron chi connectivity index (χ4n) is 5.15. The monoisotopic (exact) mass is 643 g/mol. The van der Waals surface area contributed by atoms with Crippen LogP contribution < -0.4 is 9.46 Å². The third-order valence-corrected chi connectivity index (χ3v) is 8.19. The highest BCUT2D eigenvalue weighted by Gasteiger charge is 2.31. The number of aliphatic hydroxyl groups is 1. The van der Waals surface area contributed by atoms with Crippen molar-refractivity contribution in [1.82, 2.24) is 9.80 Å². The molecule has 1 aliphatic heterocycles. The topological polar surface area (TPSA) is 108 Å². The standard InChI is InChI=1S/C31H44F3N3O6S/c1-21-17-37(22(2)20-38)30(39)27-16-26(35-44(5,40)41)13-14-28(27)43-23(3)8-6-7-15-42-29(21)19-36(4)18-24-9-11-25(12-10-24)31(32,33)34/h9-14,16,21-23,29,35,38H,6-8,15,17-20H2,1-5H3/t21-,22-,23-,29+/m1/s1. The second-order valence-electron chi connectivity index (χ2n) is 11.8. The SMILES string of the molecule is C[C@@H]1CCCCO[C@@H](CN(C)Cc2ccc(C(F)(F)F)cc2)[C@H](C)CN([C@H](C)CO)C(=O)c2cc(NS(C)(=O)=O)ccc2O1. The molecule has 13 heteroatoms. The van der Waals surface area contributed by atoms with Gasteiger partial charge < -0.3 is 19.5 Å². The smallest absolute Gasteiger partial charge is 0.416 e. The number of hydrogen-bond donors (Lipinski definition) is 2. The van der Waals surface area contributed by atoms with Crippen molar-refractivity contribution >= 4 is 21.6 Å². The van der Waals surface area contributed by atoms with Crippen LogP contribution in [0.4, 0.5) is 18.9 Å². The zero-order valence-corrected chi connectivity index (χ0v) is 26.7. The number of hydrogen-bond acceptors (Lipinski definition) is 7. The normalized spacial score (nSPS) is 21.7. The van der Waals surface area contributed by atoms with E-state index in [4.69, 9.17) is 9.47 Å². The van der Waals surface area contributed by atoms with Gasteiger partial charge in [0.2, 0.25) is 10.0 Å². The van der Waals surface area contributed by atoms with Crippen LogP contribution in [0.15, 0.2) is 42.5 Å². The van der Waals surface area contributed by atoms with E-state index in [-0.39, 0.29) is 42.5 Å². The number of sulfonamides is 1. The van der Waals surface area contributed by atoms with Crippen molar-refractivity contribution in [2.75, 3.05) is 44.3 Å². The van der Waals surface area contributed by atoms with Crippen LogP contribution in [0.2, 0.25) is 0 Å². The first-order valence-electron chi connectivity index (χ1n) is 14.7. The lowest BCUT2D eigenvalue weighted by molar-refractivity contribution is -0.137. The maximum absolute atomic E-state index is 14.1. The first kappa shape index (κ1) is 35.6. The molecule has 2 aromatic rings. The van der Waals surface area contributed by atoms with Gasteiger partial charge in [0.15, 0.2) is 0 Å². The lowest BCUT2D eigenvalue weighted by Crippen LogP contribution is -2.47. The first-order valence-corrected chi connectivity index (χ1v) is 16.6. The molecular weight excluding hydrogens is 599 g/mol. The van der Waals surface area contributed by atoms with E-state index in [2.05, 4.69) is 4.72 Å². The molecule has 0 unspecified atom stereocenters. The summed E-state index contributed by atoms with van der Waals surface area (Å²) >= 11 is 0. The van der Waals surface area contributed by atoms with Crippen LogP contribution in [0.25, 0.3) is 0 Å². The van der Waals surface area contributed by atoms with E-state index in [0.717, 1.165) is 36.8 Å². The molecule has 2 N–H and O–H groups in total. The summed E-state index contributed by atoms with van der Waals surface area (Å²) in [5, 5.41) is 10.1. The fourth-order valence-corrected chi connectivity index (χ4v) is 5.70. The summed E-state index contributed by atoms with van der Waals surface area (Å²) in [5.41, 5.74) is 0.415. The number of ether oxygens (including phenoxy) is 2. The Morgan fingerprint density at radius 2 is 1.82 bits per heavy atom. The zero-order chi connectivity index (χ0) is 32.7. The maximum Gasteiger partial charge on any atom is 0.416 e. The van der Waals surface area contributed by atoms with Gasteiger partial charge in [-0.1, -0.05) is 19.1 Å². The van der Waals surface area contributed by atoms with Gasteiger partial charge in [-0.15, -0.1) is 0 Å². The van der Waals surface area contributed by atoms with Crippen molar-refractivity contribution in [3.63, 3.8) is 0 Å². The van der Waals surface area contributed by atoms with Crippen molar-refractivity contribution < 1.29 is 41.0 Å². The molecule has 2 aromatic carbocycles. The van der Waals surface area contributed by atoms with Gasteiger partial charge in [0.1, 0.15) is 5.75 Å². The zero-order valence-electron chi connectivity index (χ0n) is 25.9. The van der Waals surface area contributed by atoms with Gasteiger partial charge in [-0.2, -0.15) is 13.2 Å². The highest BCUT2D eigenvalue weighted by molar-refractivity contribution is 7.92. The highest BCUT2D eigenvalue weighted by atomic mass is 32.2. The second-order valence-corrected chi connectivity index (χ2v) is 13.5. The van der Waals surface area contributed by atoms with E-state index in [1.807, 2.05) is 25.8 Å². The quantitative estimate of drug-likeness (QED) is 0.417. The van der Waals surface area contributed by atoms with Crippen molar-refractivity contribution in [2.45, 2.75) is 71.0 Å². The number of benzene rings is 2. The summed E-state index contributed by atoms with van der Waals surface area (Å²) < 4.78 is 77.7. The van der Waals surface area contributed by atoms with E-state index in [1.165, 1.54) is 18.2 Å². The van der Waals surface area contributed by atoms with E-state index >= 15 is 0 Å². The molecule has 1 amide bonds. The van der Waals surface area contributed by atoms with Crippen molar-refractivity contribution in [3.8, 4) is 5.75 Å². The molecule has 44 heavy (non-hydrogen) atoms. The number of carbonyl (C=O) groups is 1. The molecular formula is C31H44F3N3O6S. The molecule has 0 spiro atoms. The van der Waals surface area contributed by atoms with E-state index in [9.17, 15) is 31.5 Å². The number of anilines is 1. The van der Waals surface area contributed by atoms with Crippen LogP contribution in [-0.4, -0.2) is 87.1 Å². The Balaban J connectivity index is 1.88. The van der Waals surface area contributed by atoms with Crippen LogP contribution in [0.5, 0.6) is 5.75 Å². The lowest BCUT2D eigenvalue weighted by atomic mass is 10.0. The molecule has 0 fully saturated rings. The number of carbonyl (C=O) groups excluding carboxylic acids is 1. The van der Waals surface area contributed by atoms with Crippen molar-refractivity contribution in [2.24, 2.45) is 5.92 Å². The molecule has 246 valence electrons. The number of fused-ring (bicyclic) bond motifs is 1. The summed E-state index contributed by atoms with van der Waals surface area (Å²) in [5.74, 6) is -0.302. The number of nitrogens with zero attached hydrogens (tertiary/aromatic N) is 2.